The van der Waals surface area contributed by atoms with E-state index in [1.54, 1.807) is 22.7 Å². The number of aliphatic hydroxyl groups is 1. The Morgan fingerprint density at radius 1 is 1.06 bits per heavy atom. The van der Waals surface area contributed by atoms with Crippen LogP contribution in [-0.2, 0) is 0 Å². The SMILES string of the molecule is OC(c1sccc1Br)c1csc2c(Br)cccc12. The summed E-state index contributed by atoms with van der Waals surface area (Å²) in [5, 5.41) is 15.6. The summed E-state index contributed by atoms with van der Waals surface area (Å²) in [4.78, 5) is 0.953. The molecular weight excluding hydrogens is 396 g/mol. The average Bonchev–Trinajstić information content (AvgIpc) is 2.95. The monoisotopic (exact) mass is 402 g/mol. The van der Waals surface area contributed by atoms with Gasteiger partial charge in [-0.15, -0.1) is 22.7 Å². The van der Waals surface area contributed by atoms with E-state index in [4.69, 9.17) is 0 Å². The third-order valence-corrected chi connectivity index (χ3v) is 6.66. The minimum Gasteiger partial charge on any atom is -0.383 e. The molecule has 5 heteroatoms. The molecule has 1 aromatic carbocycles. The lowest BCUT2D eigenvalue weighted by Crippen LogP contribution is -1.96. The molecule has 0 saturated carbocycles. The van der Waals surface area contributed by atoms with E-state index >= 15 is 0 Å². The normalized spacial score (nSPS) is 13.1. The van der Waals surface area contributed by atoms with Crippen LogP contribution < -0.4 is 0 Å². The molecule has 2 heterocycles. The van der Waals surface area contributed by atoms with E-state index < -0.39 is 6.10 Å². The van der Waals surface area contributed by atoms with Crippen LogP contribution in [0, 0.1) is 0 Å². The van der Waals surface area contributed by atoms with Crippen LogP contribution in [0.1, 0.15) is 16.5 Å². The van der Waals surface area contributed by atoms with Crippen LogP contribution in [0.5, 0.6) is 0 Å². The van der Waals surface area contributed by atoms with Gasteiger partial charge in [-0.05, 0) is 60.1 Å². The van der Waals surface area contributed by atoms with Crippen LogP contribution in [0.3, 0.4) is 0 Å². The van der Waals surface area contributed by atoms with Crippen molar-refractivity contribution < 1.29 is 5.11 Å². The largest absolute Gasteiger partial charge is 0.383 e. The number of thiophene rings is 2. The Hall–Kier alpha value is -0.200. The molecule has 0 saturated heterocycles. The predicted octanol–water partition coefficient (Wildman–Crippen LogP) is 5.57. The zero-order valence-electron chi connectivity index (χ0n) is 9.06. The summed E-state index contributed by atoms with van der Waals surface area (Å²) in [6.45, 7) is 0. The molecule has 0 radical (unpaired) electrons. The molecule has 1 unspecified atom stereocenters. The molecule has 0 aliphatic carbocycles. The molecule has 1 atom stereocenters. The zero-order chi connectivity index (χ0) is 12.7. The van der Waals surface area contributed by atoms with Crippen LogP contribution in [0.25, 0.3) is 10.1 Å². The maximum atomic E-state index is 10.5. The molecular formula is C13H8Br2OS2. The third-order valence-electron chi connectivity index (χ3n) is 2.77. The van der Waals surface area contributed by atoms with Gasteiger partial charge in [0, 0.05) is 19.2 Å². The third kappa shape index (κ3) is 2.08. The highest BCUT2D eigenvalue weighted by molar-refractivity contribution is 9.11. The van der Waals surface area contributed by atoms with Gasteiger partial charge in [-0.25, -0.2) is 0 Å². The fourth-order valence-electron chi connectivity index (χ4n) is 1.90. The second-order valence-corrected chi connectivity index (χ2v) is 7.38. The van der Waals surface area contributed by atoms with E-state index in [9.17, 15) is 5.11 Å². The van der Waals surface area contributed by atoms with Crippen LogP contribution >= 0.6 is 54.5 Å². The highest BCUT2D eigenvalue weighted by atomic mass is 79.9. The van der Waals surface area contributed by atoms with Gasteiger partial charge in [0.2, 0.25) is 0 Å². The fraction of sp³-hybridized carbons (Fsp3) is 0.0769. The second kappa shape index (κ2) is 5.06. The van der Waals surface area contributed by atoms with E-state index in [1.165, 1.54) is 4.70 Å². The molecule has 0 fully saturated rings. The van der Waals surface area contributed by atoms with Gasteiger partial charge in [0.25, 0.3) is 0 Å². The van der Waals surface area contributed by atoms with Crippen molar-refractivity contribution in [1.29, 1.82) is 0 Å². The molecule has 1 nitrogen and oxygen atoms in total. The number of hydrogen-bond acceptors (Lipinski definition) is 3. The molecule has 92 valence electrons. The van der Waals surface area contributed by atoms with Crippen LogP contribution in [-0.4, -0.2) is 5.11 Å². The van der Waals surface area contributed by atoms with Crippen molar-refractivity contribution in [1.82, 2.24) is 0 Å². The average molecular weight is 404 g/mol. The van der Waals surface area contributed by atoms with Crippen molar-refractivity contribution in [3.05, 3.63) is 54.4 Å². The fourth-order valence-corrected chi connectivity index (χ4v) is 5.13. The van der Waals surface area contributed by atoms with Crippen molar-refractivity contribution in [2.24, 2.45) is 0 Å². The first-order valence-electron chi connectivity index (χ1n) is 5.25. The van der Waals surface area contributed by atoms with E-state index in [0.717, 1.165) is 24.8 Å². The molecule has 0 spiro atoms. The molecule has 1 N–H and O–H groups in total. The molecule has 2 aromatic heterocycles. The van der Waals surface area contributed by atoms with Crippen molar-refractivity contribution in [2.75, 3.05) is 0 Å². The minimum absolute atomic E-state index is 0.567. The van der Waals surface area contributed by atoms with E-state index in [-0.39, 0.29) is 0 Å². The molecule has 3 rings (SSSR count). The molecule has 0 bridgehead atoms. The highest BCUT2D eigenvalue weighted by Gasteiger charge is 2.19. The number of benzene rings is 1. The number of hydrogen-bond donors (Lipinski definition) is 1. The van der Waals surface area contributed by atoms with Crippen LogP contribution in [0.2, 0.25) is 0 Å². The Bertz CT molecular complexity index is 702. The predicted molar refractivity (Wildman–Crippen MR) is 85.6 cm³/mol. The number of aliphatic hydroxyl groups excluding tert-OH is 1. The summed E-state index contributed by atoms with van der Waals surface area (Å²) in [7, 11) is 0. The standard InChI is InChI=1S/C13H8Br2OS2/c14-9-3-1-2-7-8(6-18-12(7)9)11(16)13-10(15)4-5-17-13/h1-6,11,16H. The Labute approximate surface area is 129 Å². The zero-order valence-corrected chi connectivity index (χ0v) is 13.9. The van der Waals surface area contributed by atoms with Gasteiger partial charge in [-0.2, -0.15) is 0 Å². The van der Waals surface area contributed by atoms with Gasteiger partial charge in [-0.3, -0.25) is 0 Å². The first kappa shape index (κ1) is 12.8. The first-order valence-corrected chi connectivity index (χ1v) is 8.59. The van der Waals surface area contributed by atoms with Crippen LogP contribution in [0.15, 0.2) is 44.0 Å². The quantitative estimate of drug-likeness (QED) is 0.592. The summed E-state index contributed by atoms with van der Waals surface area (Å²) in [6.07, 6.45) is -0.567. The lowest BCUT2D eigenvalue weighted by molar-refractivity contribution is 0.225. The van der Waals surface area contributed by atoms with E-state index in [2.05, 4.69) is 37.9 Å². The number of rotatable bonds is 2. The summed E-state index contributed by atoms with van der Waals surface area (Å²) >= 11 is 10.2. The Morgan fingerprint density at radius 3 is 2.61 bits per heavy atom. The van der Waals surface area contributed by atoms with Crippen molar-refractivity contribution in [3.63, 3.8) is 0 Å². The molecule has 0 aliphatic rings. The Balaban J connectivity index is 2.16. The first-order chi connectivity index (χ1) is 8.68. The van der Waals surface area contributed by atoms with Crippen molar-refractivity contribution in [3.8, 4) is 0 Å². The topological polar surface area (TPSA) is 20.2 Å². The molecule has 0 amide bonds. The summed E-state index contributed by atoms with van der Waals surface area (Å²) in [5.74, 6) is 0. The highest BCUT2D eigenvalue weighted by Crippen LogP contribution is 2.40. The van der Waals surface area contributed by atoms with Gasteiger partial charge in [0.1, 0.15) is 6.10 Å². The number of halogens is 2. The molecule has 18 heavy (non-hydrogen) atoms. The van der Waals surface area contributed by atoms with Gasteiger partial charge < -0.3 is 5.11 Å². The van der Waals surface area contributed by atoms with Gasteiger partial charge in [0.15, 0.2) is 0 Å². The van der Waals surface area contributed by atoms with E-state index in [1.807, 2.05) is 29.0 Å². The summed E-state index contributed by atoms with van der Waals surface area (Å²) in [6, 6.07) is 8.04. The Morgan fingerprint density at radius 2 is 1.89 bits per heavy atom. The molecule has 3 aromatic rings. The van der Waals surface area contributed by atoms with Crippen molar-refractivity contribution in [2.45, 2.75) is 6.10 Å². The Kier molecular flexibility index (Phi) is 3.60. The van der Waals surface area contributed by atoms with Gasteiger partial charge in [0.05, 0.1) is 4.88 Å². The molecule has 0 aliphatic heterocycles. The summed E-state index contributed by atoms with van der Waals surface area (Å²) in [5.41, 5.74) is 0.972. The lowest BCUT2D eigenvalue weighted by atomic mass is 10.1. The van der Waals surface area contributed by atoms with E-state index in [0.29, 0.717) is 0 Å². The smallest absolute Gasteiger partial charge is 0.116 e. The summed E-state index contributed by atoms with van der Waals surface area (Å²) < 4.78 is 3.22. The lowest BCUT2D eigenvalue weighted by Gasteiger charge is -2.08. The minimum atomic E-state index is -0.567. The maximum absolute atomic E-state index is 10.5. The van der Waals surface area contributed by atoms with Crippen molar-refractivity contribution >= 4 is 64.6 Å². The van der Waals surface area contributed by atoms with Gasteiger partial charge in [-0.1, -0.05) is 12.1 Å². The van der Waals surface area contributed by atoms with Crippen LogP contribution in [0.4, 0.5) is 0 Å². The van der Waals surface area contributed by atoms with Gasteiger partial charge >= 0.3 is 0 Å². The number of fused-ring (bicyclic) bond motifs is 1. The second-order valence-electron chi connectivity index (χ2n) is 3.84. The maximum Gasteiger partial charge on any atom is 0.116 e.